The first kappa shape index (κ1) is 16.9. The van der Waals surface area contributed by atoms with Gasteiger partial charge >= 0.3 is 0 Å². The van der Waals surface area contributed by atoms with E-state index in [2.05, 4.69) is 15.0 Å². The number of rotatable bonds is 6. The molecule has 0 bridgehead atoms. The molecule has 0 aliphatic rings. The van der Waals surface area contributed by atoms with Crippen LogP contribution >= 0.6 is 11.3 Å². The Bertz CT molecular complexity index is 939. The van der Waals surface area contributed by atoms with E-state index in [4.69, 9.17) is 4.52 Å². The Morgan fingerprint density at radius 1 is 1.33 bits per heavy atom. The molecule has 3 aromatic heterocycles. The van der Waals surface area contributed by atoms with Crippen molar-refractivity contribution >= 4 is 21.4 Å². The fourth-order valence-corrected chi connectivity index (χ4v) is 4.71. The van der Waals surface area contributed by atoms with Crippen molar-refractivity contribution in [3.8, 4) is 11.3 Å². The smallest absolute Gasteiger partial charge is 0.250 e. The Labute approximate surface area is 144 Å². The number of nitrogens with zero attached hydrogens (tertiary/aromatic N) is 3. The van der Waals surface area contributed by atoms with Crippen LogP contribution in [0.2, 0.25) is 0 Å². The van der Waals surface area contributed by atoms with Crippen LogP contribution in [0.3, 0.4) is 0 Å². The van der Waals surface area contributed by atoms with Gasteiger partial charge in [-0.2, -0.15) is 5.10 Å². The molecule has 0 spiro atoms. The van der Waals surface area contributed by atoms with Gasteiger partial charge in [-0.25, -0.2) is 13.1 Å². The number of aryl methyl sites for hydroxylation is 2. The van der Waals surface area contributed by atoms with E-state index in [9.17, 15) is 8.42 Å². The third-order valence-electron chi connectivity index (χ3n) is 3.34. The average Bonchev–Trinajstić information content (AvgIpc) is 3.19. The number of hydrogen-bond donors (Lipinski definition) is 1. The molecule has 0 saturated heterocycles. The van der Waals surface area contributed by atoms with Crippen molar-refractivity contribution in [2.75, 3.05) is 0 Å². The second kappa shape index (κ2) is 6.50. The van der Waals surface area contributed by atoms with E-state index in [-0.39, 0.29) is 10.3 Å². The van der Waals surface area contributed by atoms with Gasteiger partial charge in [0.05, 0.1) is 17.9 Å². The summed E-state index contributed by atoms with van der Waals surface area (Å²) in [6.45, 7) is 5.98. The first-order chi connectivity index (χ1) is 11.3. The van der Waals surface area contributed by atoms with Crippen LogP contribution in [0.5, 0.6) is 0 Å². The maximum atomic E-state index is 12.5. The van der Waals surface area contributed by atoms with Crippen molar-refractivity contribution in [3.05, 3.63) is 41.2 Å². The third-order valence-corrected chi connectivity index (χ3v) is 6.37. The predicted octanol–water partition coefficient (Wildman–Crippen LogP) is 2.58. The number of aromatic nitrogens is 3. The van der Waals surface area contributed by atoms with Gasteiger partial charge in [0.15, 0.2) is 5.76 Å². The number of sulfonamides is 1. The quantitative estimate of drug-likeness (QED) is 0.724. The summed E-state index contributed by atoms with van der Waals surface area (Å²) in [6, 6.07) is 4.96. The lowest BCUT2D eigenvalue weighted by molar-refractivity contribution is 0.427. The molecular weight excluding hydrogens is 348 g/mol. The zero-order valence-electron chi connectivity index (χ0n) is 13.6. The number of hydrogen-bond acceptors (Lipinski definition) is 6. The van der Waals surface area contributed by atoms with Crippen LogP contribution in [0.4, 0.5) is 0 Å². The Morgan fingerprint density at radius 3 is 2.75 bits per heavy atom. The predicted molar refractivity (Wildman–Crippen MR) is 91.3 cm³/mol. The molecular formula is C15H18N4O3S2. The molecule has 1 unspecified atom stereocenters. The Balaban J connectivity index is 1.72. The normalized spacial score (nSPS) is 13.3. The van der Waals surface area contributed by atoms with Crippen LogP contribution in [0.25, 0.3) is 11.3 Å². The van der Waals surface area contributed by atoms with Crippen molar-refractivity contribution in [3.63, 3.8) is 0 Å². The van der Waals surface area contributed by atoms with Crippen molar-refractivity contribution in [1.82, 2.24) is 19.7 Å². The third kappa shape index (κ3) is 3.74. The van der Waals surface area contributed by atoms with Gasteiger partial charge in [0.25, 0.3) is 0 Å². The zero-order valence-corrected chi connectivity index (χ0v) is 15.2. The van der Waals surface area contributed by atoms with Gasteiger partial charge in [-0.15, -0.1) is 11.3 Å². The Hall–Kier alpha value is -1.97. The van der Waals surface area contributed by atoms with E-state index >= 15 is 0 Å². The summed E-state index contributed by atoms with van der Waals surface area (Å²) in [6.07, 6.45) is 1.83. The van der Waals surface area contributed by atoms with Gasteiger partial charge < -0.3 is 4.52 Å². The highest BCUT2D eigenvalue weighted by atomic mass is 32.2. The molecule has 3 aromatic rings. The second-order valence-corrected chi connectivity index (χ2v) is 8.54. The van der Waals surface area contributed by atoms with Gasteiger partial charge in [-0.3, -0.25) is 4.68 Å². The fourth-order valence-electron chi connectivity index (χ4n) is 2.29. The fraction of sp³-hybridized carbons (Fsp3) is 0.333. The molecule has 1 atom stereocenters. The van der Waals surface area contributed by atoms with Crippen LogP contribution in [-0.2, 0) is 16.6 Å². The first-order valence-corrected chi connectivity index (χ1v) is 9.74. The molecule has 9 heteroatoms. The van der Waals surface area contributed by atoms with Gasteiger partial charge in [-0.05, 0) is 32.9 Å². The van der Waals surface area contributed by atoms with Crippen LogP contribution in [0.1, 0.15) is 18.3 Å². The highest BCUT2D eigenvalue weighted by Crippen LogP contribution is 2.29. The average molecular weight is 366 g/mol. The molecule has 0 aliphatic carbocycles. The SMILES string of the molecule is Cc1cc(-c2csc(S(=O)(=O)NC(C)Cn3ccc(C)n3)c2)on1. The van der Waals surface area contributed by atoms with Gasteiger partial charge in [-0.1, -0.05) is 5.16 Å². The van der Waals surface area contributed by atoms with Crippen LogP contribution in [0, 0.1) is 13.8 Å². The van der Waals surface area contributed by atoms with E-state index in [1.54, 1.807) is 22.2 Å². The van der Waals surface area contributed by atoms with Crippen LogP contribution in [0.15, 0.2) is 38.5 Å². The standard InChI is InChI=1S/C15H18N4O3S2/c1-10-4-5-19(16-10)8-12(3)18-24(20,21)15-7-13(9-23-15)14-6-11(2)17-22-14/h4-7,9,12,18H,8H2,1-3H3. The van der Waals surface area contributed by atoms with E-state index < -0.39 is 10.0 Å². The van der Waals surface area contributed by atoms with E-state index in [0.717, 1.165) is 22.7 Å². The lowest BCUT2D eigenvalue weighted by Crippen LogP contribution is -2.35. The Morgan fingerprint density at radius 2 is 2.12 bits per heavy atom. The maximum absolute atomic E-state index is 12.5. The summed E-state index contributed by atoms with van der Waals surface area (Å²) in [5, 5.41) is 9.83. The lowest BCUT2D eigenvalue weighted by Gasteiger charge is -2.13. The molecule has 128 valence electrons. The van der Waals surface area contributed by atoms with E-state index in [1.807, 2.05) is 33.0 Å². The molecule has 0 fully saturated rings. The summed E-state index contributed by atoms with van der Waals surface area (Å²) in [5.41, 5.74) is 2.36. The van der Waals surface area contributed by atoms with Crippen molar-refractivity contribution in [1.29, 1.82) is 0 Å². The zero-order chi connectivity index (χ0) is 17.3. The van der Waals surface area contributed by atoms with Crippen molar-refractivity contribution in [2.45, 2.75) is 37.6 Å². The highest BCUT2D eigenvalue weighted by molar-refractivity contribution is 7.91. The molecule has 0 saturated carbocycles. The molecule has 3 rings (SSSR count). The summed E-state index contributed by atoms with van der Waals surface area (Å²) in [5.74, 6) is 0.560. The van der Waals surface area contributed by atoms with Gasteiger partial charge in [0, 0.05) is 29.2 Å². The molecule has 0 aromatic carbocycles. The minimum absolute atomic E-state index is 0.245. The van der Waals surface area contributed by atoms with Crippen LogP contribution in [-0.4, -0.2) is 29.4 Å². The summed E-state index contributed by atoms with van der Waals surface area (Å²) in [4.78, 5) is 0. The molecule has 0 amide bonds. The highest BCUT2D eigenvalue weighted by Gasteiger charge is 2.21. The summed E-state index contributed by atoms with van der Waals surface area (Å²) < 4.78 is 34.8. The molecule has 24 heavy (non-hydrogen) atoms. The Kier molecular flexibility index (Phi) is 4.57. The number of thiophene rings is 1. The number of nitrogens with one attached hydrogen (secondary N) is 1. The molecule has 0 aliphatic heterocycles. The molecule has 7 nitrogen and oxygen atoms in total. The topological polar surface area (TPSA) is 90.0 Å². The lowest BCUT2D eigenvalue weighted by atomic mass is 10.2. The maximum Gasteiger partial charge on any atom is 0.250 e. The molecule has 0 radical (unpaired) electrons. The van der Waals surface area contributed by atoms with Crippen LogP contribution < -0.4 is 4.72 Å². The van der Waals surface area contributed by atoms with Gasteiger partial charge in [0.2, 0.25) is 10.0 Å². The minimum atomic E-state index is -3.59. The van der Waals surface area contributed by atoms with Crippen molar-refractivity contribution in [2.24, 2.45) is 0 Å². The second-order valence-electron chi connectivity index (χ2n) is 5.69. The molecule has 3 heterocycles. The van der Waals surface area contributed by atoms with E-state index in [0.29, 0.717) is 17.9 Å². The van der Waals surface area contributed by atoms with E-state index in [1.165, 1.54) is 0 Å². The summed E-state index contributed by atoms with van der Waals surface area (Å²) >= 11 is 1.15. The monoisotopic (exact) mass is 366 g/mol. The molecule has 1 N–H and O–H groups in total. The largest absolute Gasteiger partial charge is 0.356 e. The summed E-state index contributed by atoms with van der Waals surface area (Å²) in [7, 11) is -3.59. The van der Waals surface area contributed by atoms with Gasteiger partial charge in [0.1, 0.15) is 4.21 Å². The van der Waals surface area contributed by atoms with Crippen molar-refractivity contribution < 1.29 is 12.9 Å². The minimum Gasteiger partial charge on any atom is -0.356 e. The first-order valence-electron chi connectivity index (χ1n) is 7.38.